The molecule has 0 N–H and O–H groups in total. The van der Waals surface area contributed by atoms with Crippen LogP contribution in [0.5, 0.6) is 0 Å². The molecule has 2 rings (SSSR count). The van der Waals surface area contributed by atoms with Gasteiger partial charge in [-0.15, -0.1) is 0 Å². The van der Waals surface area contributed by atoms with Crippen molar-refractivity contribution in [1.82, 2.24) is 9.88 Å². The number of nitrogens with zero attached hydrogens (tertiary/aromatic N) is 2. The molecule has 0 aromatic carbocycles. The number of carbonyl (C=O) groups is 1. The van der Waals surface area contributed by atoms with Gasteiger partial charge in [-0.2, -0.15) is 0 Å². The zero-order chi connectivity index (χ0) is 14.0. The Hall–Kier alpha value is -1.29. The molecular formula is C15H21FN2O. The first-order chi connectivity index (χ1) is 8.97. The predicted molar refractivity (Wildman–Crippen MR) is 72.5 cm³/mol. The van der Waals surface area contributed by atoms with E-state index in [1.807, 2.05) is 6.92 Å². The molecule has 0 amide bonds. The fourth-order valence-electron chi connectivity index (χ4n) is 2.85. The molecule has 1 fully saturated rings. The van der Waals surface area contributed by atoms with Crippen LogP contribution in [0.1, 0.15) is 37.7 Å². The predicted octanol–water partition coefficient (Wildman–Crippen LogP) is 2.77. The molecule has 1 saturated heterocycles. The maximum absolute atomic E-state index is 12.8. The van der Waals surface area contributed by atoms with Gasteiger partial charge in [0.15, 0.2) is 5.78 Å². The van der Waals surface area contributed by atoms with Gasteiger partial charge in [0, 0.05) is 25.0 Å². The Labute approximate surface area is 113 Å². The van der Waals surface area contributed by atoms with Gasteiger partial charge < -0.3 is 0 Å². The van der Waals surface area contributed by atoms with Crippen LogP contribution < -0.4 is 0 Å². The SMILES string of the molecule is CC1CC(C)N(CC(C)C(=O)c2ccc(F)cn2)C1. The van der Waals surface area contributed by atoms with Crippen LogP contribution in [0.2, 0.25) is 0 Å². The number of aromatic nitrogens is 1. The molecule has 3 atom stereocenters. The lowest BCUT2D eigenvalue weighted by Crippen LogP contribution is -2.34. The lowest BCUT2D eigenvalue weighted by atomic mass is 10.0. The second-order valence-corrected chi connectivity index (χ2v) is 5.77. The van der Waals surface area contributed by atoms with E-state index in [4.69, 9.17) is 0 Å². The summed E-state index contributed by atoms with van der Waals surface area (Å²) in [6, 6.07) is 3.28. The van der Waals surface area contributed by atoms with E-state index in [1.165, 1.54) is 18.6 Å². The van der Waals surface area contributed by atoms with Crippen molar-refractivity contribution in [3.05, 3.63) is 29.8 Å². The van der Waals surface area contributed by atoms with E-state index in [2.05, 4.69) is 23.7 Å². The van der Waals surface area contributed by atoms with E-state index in [0.717, 1.165) is 19.3 Å². The van der Waals surface area contributed by atoms with E-state index in [0.29, 0.717) is 17.7 Å². The Morgan fingerprint density at radius 3 is 2.79 bits per heavy atom. The molecule has 1 aliphatic heterocycles. The van der Waals surface area contributed by atoms with E-state index >= 15 is 0 Å². The van der Waals surface area contributed by atoms with Crippen LogP contribution in [0.15, 0.2) is 18.3 Å². The van der Waals surface area contributed by atoms with Crippen molar-refractivity contribution < 1.29 is 9.18 Å². The molecule has 3 nitrogen and oxygen atoms in total. The second-order valence-electron chi connectivity index (χ2n) is 5.77. The van der Waals surface area contributed by atoms with Crippen molar-refractivity contribution >= 4 is 5.78 Å². The average molecular weight is 264 g/mol. The number of rotatable bonds is 4. The van der Waals surface area contributed by atoms with Crippen molar-refractivity contribution in [2.24, 2.45) is 11.8 Å². The molecule has 1 aliphatic rings. The Morgan fingerprint density at radius 2 is 2.26 bits per heavy atom. The minimum absolute atomic E-state index is 0.00764. The number of carbonyl (C=O) groups excluding carboxylic acids is 1. The monoisotopic (exact) mass is 264 g/mol. The highest BCUT2D eigenvalue weighted by Crippen LogP contribution is 2.23. The van der Waals surface area contributed by atoms with Gasteiger partial charge in [0.2, 0.25) is 0 Å². The summed E-state index contributed by atoms with van der Waals surface area (Å²) < 4.78 is 12.8. The largest absolute Gasteiger partial charge is 0.300 e. The normalized spacial score (nSPS) is 25.5. The average Bonchev–Trinajstić information content (AvgIpc) is 2.68. The minimum atomic E-state index is -0.411. The van der Waals surface area contributed by atoms with Gasteiger partial charge in [0.1, 0.15) is 11.5 Å². The van der Waals surface area contributed by atoms with Gasteiger partial charge in [-0.3, -0.25) is 14.7 Å². The summed E-state index contributed by atoms with van der Waals surface area (Å²) in [5, 5.41) is 0. The molecular weight excluding hydrogens is 243 g/mol. The molecule has 1 aromatic heterocycles. The Morgan fingerprint density at radius 1 is 1.53 bits per heavy atom. The molecule has 0 radical (unpaired) electrons. The summed E-state index contributed by atoms with van der Waals surface area (Å²) in [7, 11) is 0. The first-order valence-electron chi connectivity index (χ1n) is 6.87. The van der Waals surface area contributed by atoms with E-state index in [9.17, 15) is 9.18 Å². The van der Waals surface area contributed by atoms with E-state index in [1.54, 1.807) is 0 Å². The Bertz CT molecular complexity index is 446. The number of pyridine rings is 1. The number of halogens is 1. The number of ketones is 1. The Balaban J connectivity index is 1.98. The van der Waals surface area contributed by atoms with Crippen molar-refractivity contribution in [1.29, 1.82) is 0 Å². The van der Waals surface area contributed by atoms with Crippen molar-refractivity contribution in [2.75, 3.05) is 13.1 Å². The van der Waals surface area contributed by atoms with Crippen molar-refractivity contribution in [3.63, 3.8) is 0 Å². The van der Waals surface area contributed by atoms with Crippen LogP contribution in [0.3, 0.4) is 0 Å². The van der Waals surface area contributed by atoms with Crippen LogP contribution in [0, 0.1) is 17.7 Å². The molecule has 0 saturated carbocycles. The maximum Gasteiger partial charge on any atom is 0.185 e. The molecule has 0 spiro atoms. The van der Waals surface area contributed by atoms with E-state index in [-0.39, 0.29) is 11.7 Å². The number of Topliss-reactive ketones (excluding diaryl/α,β-unsaturated/α-hetero) is 1. The van der Waals surface area contributed by atoms with E-state index < -0.39 is 5.82 Å². The lowest BCUT2D eigenvalue weighted by Gasteiger charge is -2.24. The number of hydrogen-bond acceptors (Lipinski definition) is 3. The van der Waals surface area contributed by atoms with Crippen LogP contribution in [-0.4, -0.2) is 34.8 Å². The zero-order valence-corrected chi connectivity index (χ0v) is 11.8. The van der Waals surface area contributed by atoms with Crippen molar-refractivity contribution in [3.8, 4) is 0 Å². The molecule has 0 aliphatic carbocycles. The van der Waals surface area contributed by atoms with Gasteiger partial charge in [0.05, 0.1) is 6.20 Å². The molecule has 4 heteroatoms. The highest BCUT2D eigenvalue weighted by molar-refractivity contribution is 5.95. The molecule has 1 aromatic rings. The van der Waals surface area contributed by atoms with Gasteiger partial charge in [-0.25, -0.2) is 4.39 Å². The summed E-state index contributed by atoms with van der Waals surface area (Å²) in [6.07, 6.45) is 2.29. The van der Waals surface area contributed by atoms with Gasteiger partial charge in [0.25, 0.3) is 0 Å². The first-order valence-corrected chi connectivity index (χ1v) is 6.87. The fraction of sp³-hybridized carbons (Fsp3) is 0.600. The minimum Gasteiger partial charge on any atom is -0.300 e. The molecule has 0 bridgehead atoms. The Kier molecular flexibility index (Phi) is 4.30. The summed E-state index contributed by atoms with van der Waals surface area (Å²) in [6.45, 7) is 8.17. The highest BCUT2D eigenvalue weighted by atomic mass is 19.1. The number of hydrogen-bond donors (Lipinski definition) is 0. The summed E-state index contributed by atoms with van der Waals surface area (Å²) >= 11 is 0. The molecule has 19 heavy (non-hydrogen) atoms. The standard InChI is InChI=1S/C15H21FN2O/c1-10-6-12(3)18(8-10)9-11(2)15(19)14-5-4-13(16)7-17-14/h4-5,7,10-12H,6,8-9H2,1-3H3. The molecule has 104 valence electrons. The third-order valence-electron chi connectivity index (χ3n) is 3.85. The van der Waals surface area contributed by atoms with Crippen LogP contribution in [0.4, 0.5) is 4.39 Å². The summed E-state index contributed by atoms with van der Waals surface area (Å²) in [4.78, 5) is 18.4. The quantitative estimate of drug-likeness (QED) is 0.784. The lowest BCUT2D eigenvalue weighted by molar-refractivity contribution is 0.0885. The highest BCUT2D eigenvalue weighted by Gasteiger charge is 2.29. The number of likely N-dealkylation sites (tertiary alicyclic amines) is 1. The fourth-order valence-corrected chi connectivity index (χ4v) is 2.85. The van der Waals surface area contributed by atoms with Crippen LogP contribution in [0.25, 0.3) is 0 Å². The molecule has 2 heterocycles. The molecule has 3 unspecified atom stereocenters. The van der Waals surface area contributed by atoms with Gasteiger partial charge in [-0.05, 0) is 31.4 Å². The summed E-state index contributed by atoms with van der Waals surface area (Å²) in [5.74, 6) is 0.171. The second kappa shape index (κ2) is 5.78. The maximum atomic E-state index is 12.8. The van der Waals surface area contributed by atoms with Crippen LogP contribution in [-0.2, 0) is 0 Å². The van der Waals surface area contributed by atoms with Crippen molar-refractivity contribution in [2.45, 2.75) is 33.2 Å². The third kappa shape index (κ3) is 3.38. The zero-order valence-electron chi connectivity index (χ0n) is 11.8. The summed E-state index contributed by atoms with van der Waals surface area (Å²) in [5.41, 5.74) is 0.355. The smallest absolute Gasteiger partial charge is 0.185 e. The topological polar surface area (TPSA) is 33.2 Å². The van der Waals surface area contributed by atoms with Crippen LogP contribution >= 0.6 is 0 Å². The van der Waals surface area contributed by atoms with Gasteiger partial charge in [-0.1, -0.05) is 13.8 Å². The van der Waals surface area contributed by atoms with Gasteiger partial charge >= 0.3 is 0 Å². The third-order valence-corrected chi connectivity index (χ3v) is 3.85. The first kappa shape index (κ1) is 14.1.